The number of hydrogen-bond acceptors (Lipinski definition) is 2. The molecule has 100 valence electrons. The molecule has 1 fully saturated rings. The average molecular weight is 250 g/mol. The SMILES string of the molecule is CC(C)C1CCN(Cc2cccc(F)c2N)CC1. The van der Waals surface area contributed by atoms with Crippen molar-refractivity contribution < 1.29 is 4.39 Å². The Morgan fingerprint density at radius 2 is 2.00 bits per heavy atom. The van der Waals surface area contributed by atoms with E-state index in [4.69, 9.17) is 5.73 Å². The second-order valence-electron chi connectivity index (χ2n) is 5.67. The van der Waals surface area contributed by atoms with E-state index >= 15 is 0 Å². The molecule has 3 heteroatoms. The highest BCUT2D eigenvalue weighted by Crippen LogP contribution is 2.26. The second kappa shape index (κ2) is 5.70. The van der Waals surface area contributed by atoms with Crippen LogP contribution in [-0.4, -0.2) is 18.0 Å². The first-order chi connectivity index (χ1) is 8.58. The minimum atomic E-state index is -0.301. The van der Waals surface area contributed by atoms with Crippen LogP contribution in [-0.2, 0) is 6.54 Å². The van der Waals surface area contributed by atoms with E-state index < -0.39 is 0 Å². The van der Waals surface area contributed by atoms with Crippen molar-refractivity contribution in [2.24, 2.45) is 11.8 Å². The molecule has 0 saturated carbocycles. The fourth-order valence-electron chi connectivity index (χ4n) is 2.74. The Hall–Kier alpha value is -1.09. The molecule has 1 aromatic carbocycles. The topological polar surface area (TPSA) is 29.3 Å². The summed E-state index contributed by atoms with van der Waals surface area (Å²) in [4.78, 5) is 2.38. The third kappa shape index (κ3) is 3.02. The Kier molecular flexibility index (Phi) is 4.23. The summed E-state index contributed by atoms with van der Waals surface area (Å²) in [7, 11) is 0. The minimum absolute atomic E-state index is 0.301. The lowest BCUT2D eigenvalue weighted by atomic mass is 9.86. The van der Waals surface area contributed by atoms with Gasteiger partial charge in [0.05, 0.1) is 5.69 Å². The number of nitrogen functional groups attached to an aromatic ring is 1. The Morgan fingerprint density at radius 1 is 1.33 bits per heavy atom. The van der Waals surface area contributed by atoms with Crippen LogP contribution < -0.4 is 5.73 Å². The summed E-state index contributed by atoms with van der Waals surface area (Å²) < 4.78 is 13.4. The van der Waals surface area contributed by atoms with Gasteiger partial charge in [-0.2, -0.15) is 0 Å². The lowest BCUT2D eigenvalue weighted by Crippen LogP contribution is -2.35. The number of nitrogens with zero attached hydrogens (tertiary/aromatic N) is 1. The van der Waals surface area contributed by atoms with E-state index in [1.165, 1.54) is 18.9 Å². The fraction of sp³-hybridized carbons (Fsp3) is 0.600. The molecule has 0 atom stereocenters. The Labute approximate surface area is 109 Å². The van der Waals surface area contributed by atoms with Gasteiger partial charge in [0.25, 0.3) is 0 Å². The largest absolute Gasteiger partial charge is 0.396 e. The number of para-hydroxylation sites is 1. The predicted octanol–water partition coefficient (Wildman–Crippen LogP) is 3.28. The van der Waals surface area contributed by atoms with Gasteiger partial charge in [0.15, 0.2) is 0 Å². The van der Waals surface area contributed by atoms with Crippen LogP contribution in [0.1, 0.15) is 32.3 Å². The average Bonchev–Trinajstić information content (AvgIpc) is 2.36. The maximum atomic E-state index is 13.4. The van der Waals surface area contributed by atoms with Crippen molar-refractivity contribution in [1.82, 2.24) is 4.90 Å². The van der Waals surface area contributed by atoms with Crippen LogP contribution in [0.4, 0.5) is 10.1 Å². The lowest BCUT2D eigenvalue weighted by Gasteiger charge is -2.34. The molecule has 0 bridgehead atoms. The first kappa shape index (κ1) is 13.3. The van der Waals surface area contributed by atoms with E-state index in [2.05, 4.69) is 18.7 Å². The molecule has 1 aliphatic rings. The number of benzene rings is 1. The molecule has 1 aromatic rings. The quantitative estimate of drug-likeness (QED) is 0.834. The summed E-state index contributed by atoms with van der Waals surface area (Å²) in [6.45, 7) is 7.56. The number of likely N-dealkylation sites (tertiary alicyclic amines) is 1. The zero-order chi connectivity index (χ0) is 13.1. The molecular weight excluding hydrogens is 227 g/mol. The highest BCUT2D eigenvalue weighted by atomic mass is 19.1. The maximum absolute atomic E-state index is 13.4. The first-order valence-electron chi connectivity index (χ1n) is 6.83. The van der Waals surface area contributed by atoms with Crippen molar-refractivity contribution in [3.05, 3.63) is 29.6 Å². The van der Waals surface area contributed by atoms with Gasteiger partial charge in [0, 0.05) is 6.54 Å². The van der Waals surface area contributed by atoms with Gasteiger partial charge in [-0.1, -0.05) is 26.0 Å². The van der Waals surface area contributed by atoms with Crippen molar-refractivity contribution in [2.75, 3.05) is 18.8 Å². The Balaban J connectivity index is 1.94. The Morgan fingerprint density at radius 3 is 2.61 bits per heavy atom. The van der Waals surface area contributed by atoms with Crippen LogP contribution in [0.5, 0.6) is 0 Å². The van der Waals surface area contributed by atoms with Crippen LogP contribution >= 0.6 is 0 Å². The molecule has 18 heavy (non-hydrogen) atoms. The molecule has 0 unspecified atom stereocenters. The standard InChI is InChI=1S/C15H23FN2/c1-11(2)12-6-8-18(9-7-12)10-13-4-3-5-14(16)15(13)17/h3-5,11-12H,6-10,17H2,1-2H3. The number of anilines is 1. The maximum Gasteiger partial charge on any atom is 0.146 e. The molecule has 0 amide bonds. The van der Waals surface area contributed by atoms with Crippen LogP contribution in [0, 0.1) is 17.7 Å². The van der Waals surface area contributed by atoms with Gasteiger partial charge < -0.3 is 5.73 Å². The van der Waals surface area contributed by atoms with Gasteiger partial charge in [-0.25, -0.2) is 4.39 Å². The summed E-state index contributed by atoms with van der Waals surface area (Å²) in [5.41, 5.74) is 7.00. The molecule has 2 nitrogen and oxygen atoms in total. The van der Waals surface area contributed by atoms with Gasteiger partial charge >= 0.3 is 0 Å². The van der Waals surface area contributed by atoms with Crippen molar-refractivity contribution in [3.8, 4) is 0 Å². The number of nitrogens with two attached hydrogens (primary N) is 1. The normalized spacial score (nSPS) is 18.4. The van der Waals surface area contributed by atoms with E-state index in [0.717, 1.165) is 37.0 Å². The highest BCUT2D eigenvalue weighted by Gasteiger charge is 2.22. The molecule has 0 spiro atoms. The van der Waals surface area contributed by atoms with E-state index in [1.54, 1.807) is 6.07 Å². The molecular formula is C15H23FN2. The lowest BCUT2D eigenvalue weighted by molar-refractivity contribution is 0.152. The first-order valence-corrected chi connectivity index (χ1v) is 6.83. The van der Waals surface area contributed by atoms with Gasteiger partial charge in [-0.15, -0.1) is 0 Å². The van der Waals surface area contributed by atoms with Gasteiger partial charge in [0.1, 0.15) is 5.82 Å². The van der Waals surface area contributed by atoms with Crippen LogP contribution in [0.3, 0.4) is 0 Å². The second-order valence-corrected chi connectivity index (χ2v) is 5.67. The highest BCUT2D eigenvalue weighted by molar-refractivity contribution is 5.47. The zero-order valence-corrected chi connectivity index (χ0v) is 11.3. The molecule has 0 aromatic heterocycles. The molecule has 1 aliphatic heterocycles. The van der Waals surface area contributed by atoms with Crippen molar-refractivity contribution in [1.29, 1.82) is 0 Å². The third-order valence-corrected chi connectivity index (χ3v) is 4.11. The monoisotopic (exact) mass is 250 g/mol. The summed E-state index contributed by atoms with van der Waals surface area (Å²) in [6.07, 6.45) is 2.49. The number of rotatable bonds is 3. The number of piperidine rings is 1. The smallest absolute Gasteiger partial charge is 0.146 e. The zero-order valence-electron chi connectivity index (χ0n) is 11.3. The van der Waals surface area contributed by atoms with Crippen LogP contribution in [0.15, 0.2) is 18.2 Å². The van der Waals surface area contributed by atoms with Crippen LogP contribution in [0.2, 0.25) is 0 Å². The molecule has 2 rings (SSSR count). The number of hydrogen-bond donors (Lipinski definition) is 1. The fourth-order valence-corrected chi connectivity index (χ4v) is 2.74. The molecule has 1 saturated heterocycles. The molecule has 0 aliphatic carbocycles. The summed E-state index contributed by atoms with van der Waals surface area (Å²) in [5.74, 6) is 1.31. The Bertz CT molecular complexity index is 395. The van der Waals surface area contributed by atoms with E-state index in [0.29, 0.717) is 5.69 Å². The van der Waals surface area contributed by atoms with Crippen molar-refractivity contribution >= 4 is 5.69 Å². The van der Waals surface area contributed by atoms with Gasteiger partial charge in [-0.05, 0) is 49.4 Å². The summed E-state index contributed by atoms with van der Waals surface area (Å²) >= 11 is 0. The molecule has 0 radical (unpaired) electrons. The van der Waals surface area contributed by atoms with Gasteiger partial charge in [0.2, 0.25) is 0 Å². The predicted molar refractivity (Wildman–Crippen MR) is 73.7 cm³/mol. The third-order valence-electron chi connectivity index (χ3n) is 4.11. The number of halogens is 1. The van der Waals surface area contributed by atoms with E-state index in [9.17, 15) is 4.39 Å². The van der Waals surface area contributed by atoms with Crippen molar-refractivity contribution in [3.63, 3.8) is 0 Å². The van der Waals surface area contributed by atoms with E-state index in [-0.39, 0.29) is 5.82 Å². The minimum Gasteiger partial charge on any atom is -0.396 e. The molecule has 2 N–H and O–H groups in total. The van der Waals surface area contributed by atoms with E-state index in [1.807, 2.05) is 6.07 Å². The van der Waals surface area contributed by atoms with Crippen molar-refractivity contribution in [2.45, 2.75) is 33.2 Å². The molecule has 1 heterocycles. The summed E-state index contributed by atoms with van der Waals surface area (Å²) in [6, 6.07) is 5.08. The van der Waals surface area contributed by atoms with Crippen LogP contribution in [0.25, 0.3) is 0 Å². The summed E-state index contributed by atoms with van der Waals surface area (Å²) in [5, 5.41) is 0. The van der Waals surface area contributed by atoms with Gasteiger partial charge in [-0.3, -0.25) is 4.90 Å².